The van der Waals surface area contributed by atoms with Crippen LogP contribution in [0.2, 0.25) is 0 Å². The highest BCUT2D eigenvalue weighted by Crippen LogP contribution is 2.38. The summed E-state index contributed by atoms with van der Waals surface area (Å²) in [6.07, 6.45) is 6.14. The van der Waals surface area contributed by atoms with Crippen LogP contribution in [0.15, 0.2) is 0 Å². The van der Waals surface area contributed by atoms with E-state index in [1.807, 2.05) is 11.8 Å². The van der Waals surface area contributed by atoms with E-state index < -0.39 is 0 Å². The Labute approximate surface area is 117 Å². The molecule has 1 aliphatic heterocycles. The van der Waals surface area contributed by atoms with E-state index in [2.05, 4.69) is 28.2 Å². The van der Waals surface area contributed by atoms with Crippen LogP contribution in [0.5, 0.6) is 0 Å². The minimum absolute atomic E-state index is 0.150. The van der Waals surface area contributed by atoms with Crippen molar-refractivity contribution in [2.45, 2.75) is 43.8 Å². The zero-order chi connectivity index (χ0) is 12.3. The molecule has 1 aliphatic carbocycles. The van der Waals surface area contributed by atoms with Gasteiger partial charge in [0.25, 0.3) is 0 Å². The smallest absolute Gasteiger partial charge is 0.235 e. The van der Waals surface area contributed by atoms with Crippen LogP contribution in [-0.4, -0.2) is 28.3 Å². The zero-order valence-corrected chi connectivity index (χ0v) is 12.9. The fourth-order valence-electron chi connectivity index (χ4n) is 2.95. The molecule has 2 fully saturated rings. The van der Waals surface area contributed by atoms with E-state index >= 15 is 0 Å². The second-order valence-corrected chi connectivity index (χ2v) is 7.74. The van der Waals surface area contributed by atoms with Crippen molar-refractivity contribution >= 4 is 33.6 Å². The SMILES string of the molecule is CC1(C(=O)NCC2CCCC2CBr)CCCS1. The van der Waals surface area contributed by atoms with Crippen LogP contribution in [0.4, 0.5) is 0 Å². The molecule has 1 saturated heterocycles. The molecule has 0 aromatic rings. The molecule has 2 rings (SSSR count). The third kappa shape index (κ3) is 3.19. The Morgan fingerprint density at radius 1 is 1.41 bits per heavy atom. The third-order valence-electron chi connectivity index (χ3n) is 4.24. The molecule has 2 aliphatic rings. The Hall–Kier alpha value is 0.300. The van der Waals surface area contributed by atoms with Gasteiger partial charge in [-0.1, -0.05) is 22.4 Å². The van der Waals surface area contributed by atoms with Crippen LogP contribution in [0.3, 0.4) is 0 Å². The maximum Gasteiger partial charge on any atom is 0.235 e. The van der Waals surface area contributed by atoms with Crippen LogP contribution in [0, 0.1) is 11.8 Å². The molecule has 0 radical (unpaired) electrons. The number of rotatable bonds is 4. The molecule has 0 aromatic carbocycles. The Bertz CT molecular complexity index is 279. The van der Waals surface area contributed by atoms with E-state index in [1.54, 1.807) is 0 Å². The molecular formula is C13H22BrNOS. The van der Waals surface area contributed by atoms with Crippen LogP contribution < -0.4 is 5.32 Å². The van der Waals surface area contributed by atoms with Crippen LogP contribution in [-0.2, 0) is 4.79 Å². The topological polar surface area (TPSA) is 29.1 Å². The number of amides is 1. The lowest BCUT2D eigenvalue weighted by Crippen LogP contribution is -2.42. The average molecular weight is 320 g/mol. The highest BCUT2D eigenvalue weighted by molar-refractivity contribution is 9.09. The maximum atomic E-state index is 12.2. The van der Waals surface area contributed by atoms with Crippen molar-refractivity contribution in [2.75, 3.05) is 17.6 Å². The molecule has 1 amide bonds. The first-order valence-electron chi connectivity index (χ1n) is 6.64. The van der Waals surface area contributed by atoms with Crippen molar-refractivity contribution in [1.82, 2.24) is 5.32 Å². The number of carbonyl (C=O) groups is 1. The molecule has 0 bridgehead atoms. The molecule has 3 atom stereocenters. The maximum absolute atomic E-state index is 12.2. The van der Waals surface area contributed by atoms with E-state index in [4.69, 9.17) is 0 Å². The molecule has 17 heavy (non-hydrogen) atoms. The standard InChI is InChI=1S/C13H22BrNOS/c1-13(6-3-7-17-13)12(16)15-9-11-5-2-4-10(11)8-14/h10-11H,2-9H2,1H3,(H,15,16). The Morgan fingerprint density at radius 2 is 2.18 bits per heavy atom. The fourth-order valence-corrected chi connectivity index (χ4v) is 5.04. The van der Waals surface area contributed by atoms with Gasteiger partial charge in [-0.15, -0.1) is 11.8 Å². The molecule has 2 nitrogen and oxygen atoms in total. The second kappa shape index (κ2) is 5.96. The Balaban J connectivity index is 1.79. The monoisotopic (exact) mass is 319 g/mol. The van der Waals surface area contributed by atoms with E-state index in [0.717, 1.165) is 30.0 Å². The predicted octanol–water partition coefficient (Wildman–Crippen LogP) is 3.20. The van der Waals surface area contributed by atoms with Crippen molar-refractivity contribution in [3.63, 3.8) is 0 Å². The number of alkyl halides is 1. The molecule has 1 heterocycles. The molecule has 1 N–H and O–H groups in total. The van der Waals surface area contributed by atoms with Crippen molar-refractivity contribution in [3.05, 3.63) is 0 Å². The molecule has 0 spiro atoms. The van der Waals surface area contributed by atoms with E-state index in [9.17, 15) is 4.79 Å². The summed E-state index contributed by atoms with van der Waals surface area (Å²) in [4.78, 5) is 12.2. The van der Waals surface area contributed by atoms with Crippen LogP contribution in [0.1, 0.15) is 39.0 Å². The van der Waals surface area contributed by atoms with E-state index in [0.29, 0.717) is 5.92 Å². The minimum Gasteiger partial charge on any atom is -0.355 e. The van der Waals surface area contributed by atoms with Crippen LogP contribution in [0.25, 0.3) is 0 Å². The quantitative estimate of drug-likeness (QED) is 0.806. The third-order valence-corrected chi connectivity index (χ3v) is 6.59. The van der Waals surface area contributed by atoms with Gasteiger partial charge in [-0.3, -0.25) is 4.79 Å². The number of nitrogens with one attached hydrogen (secondary N) is 1. The van der Waals surface area contributed by atoms with Crippen molar-refractivity contribution < 1.29 is 4.79 Å². The van der Waals surface area contributed by atoms with Gasteiger partial charge < -0.3 is 5.32 Å². The molecule has 98 valence electrons. The fraction of sp³-hybridized carbons (Fsp3) is 0.923. The number of hydrogen-bond donors (Lipinski definition) is 1. The van der Waals surface area contributed by atoms with Crippen molar-refractivity contribution in [3.8, 4) is 0 Å². The van der Waals surface area contributed by atoms with Gasteiger partial charge in [-0.05, 0) is 50.2 Å². The number of hydrogen-bond acceptors (Lipinski definition) is 2. The highest BCUT2D eigenvalue weighted by atomic mass is 79.9. The van der Waals surface area contributed by atoms with Gasteiger partial charge in [-0.2, -0.15) is 0 Å². The molecule has 1 saturated carbocycles. The molecule has 0 aromatic heterocycles. The first kappa shape index (κ1) is 13.7. The Morgan fingerprint density at radius 3 is 2.82 bits per heavy atom. The lowest BCUT2D eigenvalue weighted by Gasteiger charge is -2.24. The largest absolute Gasteiger partial charge is 0.355 e. The predicted molar refractivity (Wildman–Crippen MR) is 77.7 cm³/mol. The summed E-state index contributed by atoms with van der Waals surface area (Å²) < 4.78 is -0.150. The first-order chi connectivity index (χ1) is 8.15. The van der Waals surface area contributed by atoms with E-state index in [-0.39, 0.29) is 10.7 Å². The lowest BCUT2D eigenvalue weighted by molar-refractivity contribution is -0.123. The van der Waals surface area contributed by atoms with E-state index in [1.165, 1.54) is 25.7 Å². The number of thioether (sulfide) groups is 1. The summed E-state index contributed by atoms with van der Waals surface area (Å²) in [5.41, 5.74) is 0. The number of carbonyl (C=O) groups excluding carboxylic acids is 1. The summed E-state index contributed by atoms with van der Waals surface area (Å²) >= 11 is 5.40. The zero-order valence-electron chi connectivity index (χ0n) is 10.5. The highest BCUT2D eigenvalue weighted by Gasteiger charge is 2.37. The normalized spacial score (nSPS) is 37.3. The first-order valence-corrected chi connectivity index (χ1v) is 8.74. The average Bonchev–Trinajstić information content (AvgIpc) is 2.95. The van der Waals surface area contributed by atoms with Gasteiger partial charge in [0.05, 0.1) is 4.75 Å². The summed E-state index contributed by atoms with van der Waals surface area (Å²) in [6.45, 7) is 2.97. The van der Waals surface area contributed by atoms with Gasteiger partial charge in [0, 0.05) is 11.9 Å². The molecule has 4 heteroatoms. The summed E-state index contributed by atoms with van der Waals surface area (Å²) in [5.74, 6) is 2.85. The van der Waals surface area contributed by atoms with Crippen molar-refractivity contribution in [1.29, 1.82) is 0 Å². The number of halogens is 1. The molecule has 3 unspecified atom stereocenters. The van der Waals surface area contributed by atoms with Crippen LogP contribution >= 0.6 is 27.7 Å². The molecular weight excluding hydrogens is 298 g/mol. The minimum atomic E-state index is -0.150. The van der Waals surface area contributed by atoms with Gasteiger partial charge in [-0.25, -0.2) is 0 Å². The van der Waals surface area contributed by atoms with Gasteiger partial charge >= 0.3 is 0 Å². The van der Waals surface area contributed by atoms with Gasteiger partial charge in [0.2, 0.25) is 5.91 Å². The van der Waals surface area contributed by atoms with Gasteiger partial charge in [0.15, 0.2) is 0 Å². The Kier molecular flexibility index (Phi) is 4.81. The van der Waals surface area contributed by atoms with Crippen molar-refractivity contribution in [2.24, 2.45) is 11.8 Å². The summed E-state index contributed by atoms with van der Waals surface area (Å²) in [7, 11) is 0. The second-order valence-electron chi connectivity index (χ2n) is 5.50. The lowest BCUT2D eigenvalue weighted by atomic mass is 9.97. The van der Waals surface area contributed by atoms with Gasteiger partial charge in [0.1, 0.15) is 0 Å². The summed E-state index contributed by atoms with van der Waals surface area (Å²) in [6, 6.07) is 0. The summed E-state index contributed by atoms with van der Waals surface area (Å²) in [5, 5.41) is 4.27.